The molecule has 0 bridgehead atoms. The van der Waals surface area contributed by atoms with Crippen LogP contribution in [-0.2, 0) is 19.2 Å². The van der Waals surface area contributed by atoms with Gasteiger partial charge in [-0.1, -0.05) is 12.1 Å². The van der Waals surface area contributed by atoms with Crippen molar-refractivity contribution < 1.29 is 29.1 Å². The van der Waals surface area contributed by atoms with Crippen LogP contribution < -0.4 is 9.80 Å². The number of carbonyl (C=O) groups is 5. The van der Waals surface area contributed by atoms with Crippen LogP contribution in [0, 0.1) is 0 Å². The maximum Gasteiger partial charge on any atom is 0.337 e. The largest absolute Gasteiger partial charge is 0.478 e. The first-order valence-electron chi connectivity index (χ1n) is 7.81. The highest BCUT2D eigenvalue weighted by Crippen LogP contribution is 2.35. The van der Waals surface area contributed by atoms with Gasteiger partial charge in [-0.3, -0.25) is 19.2 Å². The average Bonchev–Trinajstić information content (AvgIpc) is 3.14. The number of rotatable bonds is 3. The van der Waals surface area contributed by atoms with E-state index in [0.29, 0.717) is 16.5 Å². The minimum Gasteiger partial charge on any atom is -0.478 e. The van der Waals surface area contributed by atoms with Gasteiger partial charge in [-0.15, -0.1) is 0 Å². The quantitative estimate of drug-likeness (QED) is 0.826. The van der Waals surface area contributed by atoms with E-state index in [0.717, 1.165) is 34.1 Å². The van der Waals surface area contributed by atoms with E-state index >= 15 is 0 Å². The summed E-state index contributed by atoms with van der Waals surface area (Å²) in [5.41, 5.74) is 0.0353. The van der Waals surface area contributed by atoms with E-state index in [1.165, 1.54) is 30.3 Å². The molecule has 0 radical (unpaired) electrons. The molecule has 0 spiro atoms. The Balaban J connectivity index is 1.93. The summed E-state index contributed by atoms with van der Waals surface area (Å²) in [7, 11) is 0. The van der Waals surface area contributed by atoms with Crippen molar-refractivity contribution in [3.05, 3.63) is 60.2 Å². The minimum atomic E-state index is -1.29. The lowest BCUT2D eigenvalue weighted by Gasteiger charge is -2.20. The van der Waals surface area contributed by atoms with E-state index in [2.05, 4.69) is 0 Å². The van der Waals surface area contributed by atoms with Gasteiger partial charge in [0.2, 0.25) is 0 Å². The van der Waals surface area contributed by atoms with Crippen LogP contribution in [0.4, 0.5) is 11.4 Å². The van der Waals surface area contributed by atoms with Gasteiger partial charge in [0.25, 0.3) is 23.6 Å². The zero-order chi connectivity index (χ0) is 19.3. The number of anilines is 2. The van der Waals surface area contributed by atoms with E-state index in [1.54, 1.807) is 0 Å². The second-order valence-corrected chi connectivity index (χ2v) is 5.86. The van der Waals surface area contributed by atoms with E-state index in [9.17, 15) is 29.1 Å². The standard InChI is InChI=1S/C19H10N2O6/c22-14-5-6-15(23)20(14)11-2-4-12-10(9-11)1-3-13(19(26)27)18(12)21-16(24)7-8-17(21)25/h1-9H,(H,26,27). The van der Waals surface area contributed by atoms with Gasteiger partial charge in [0.15, 0.2) is 0 Å². The summed E-state index contributed by atoms with van der Waals surface area (Å²) in [6.07, 6.45) is 4.43. The van der Waals surface area contributed by atoms with E-state index < -0.39 is 29.6 Å². The smallest absolute Gasteiger partial charge is 0.337 e. The van der Waals surface area contributed by atoms with Gasteiger partial charge in [0, 0.05) is 29.7 Å². The van der Waals surface area contributed by atoms with E-state index in [1.807, 2.05) is 0 Å². The summed E-state index contributed by atoms with van der Waals surface area (Å²) in [5, 5.41) is 10.3. The summed E-state index contributed by atoms with van der Waals surface area (Å²) < 4.78 is 0. The molecule has 0 saturated heterocycles. The predicted octanol–water partition coefficient (Wildman–Crippen LogP) is 1.40. The van der Waals surface area contributed by atoms with Gasteiger partial charge in [0.05, 0.1) is 16.9 Å². The molecule has 0 fully saturated rings. The molecule has 0 aliphatic carbocycles. The third-order valence-corrected chi connectivity index (χ3v) is 4.31. The molecule has 0 atom stereocenters. The number of hydrogen-bond acceptors (Lipinski definition) is 5. The second kappa shape index (κ2) is 5.73. The van der Waals surface area contributed by atoms with Crippen LogP contribution >= 0.6 is 0 Å². The molecular weight excluding hydrogens is 352 g/mol. The molecule has 0 saturated carbocycles. The summed E-state index contributed by atoms with van der Waals surface area (Å²) in [6, 6.07) is 7.21. The van der Waals surface area contributed by atoms with Crippen molar-refractivity contribution in [2.75, 3.05) is 9.80 Å². The number of benzene rings is 2. The normalized spacial score (nSPS) is 16.3. The molecule has 2 aliphatic heterocycles. The van der Waals surface area contributed by atoms with Crippen molar-refractivity contribution in [3.8, 4) is 0 Å². The monoisotopic (exact) mass is 362 g/mol. The van der Waals surface area contributed by atoms with Crippen molar-refractivity contribution in [1.82, 2.24) is 0 Å². The van der Waals surface area contributed by atoms with Crippen LogP contribution in [0.25, 0.3) is 10.8 Å². The predicted molar refractivity (Wildman–Crippen MR) is 94.2 cm³/mol. The Bertz CT molecular complexity index is 1110. The SMILES string of the molecule is O=C(O)c1ccc2cc(N3C(=O)C=CC3=O)ccc2c1N1C(=O)C=CC1=O. The highest BCUT2D eigenvalue weighted by Gasteiger charge is 2.31. The summed E-state index contributed by atoms with van der Waals surface area (Å²) >= 11 is 0. The van der Waals surface area contributed by atoms with Crippen molar-refractivity contribution in [2.45, 2.75) is 0 Å². The third-order valence-electron chi connectivity index (χ3n) is 4.31. The molecule has 0 unspecified atom stereocenters. The Morgan fingerprint density at radius 2 is 1.30 bits per heavy atom. The first-order valence-corrected chi connectivity index (χ1v) is 7.81. The zero-order valence-electron chi connectivity index (χ0n) is 13.6. The maximum atomic E-state index is 12.1. The van der Waals surface area contributed by atoms with Crippen LogP contribution in [0.5, 0.6) is 0 Å². The molecule has 1 N–H and O–H groups in total. The Kier molecular flexibility index (Phi) is 3.48. The Hall–Kier alpha value is -4.07. The fourth-order valence-electron chi connectivity index (χ4n) is 3.13. The molecule has 4 rings (SSSR count). The molecule has 0 aromatic heterocycles. The molecule has 2 aliphatic rings. The number of carbonyl (C=O) groups excluding carboxylic acids is 4. The van der Waals surface area contributed by atoms with Gasteiger partial charge in [-0.2, -0.15) is 0 Å². The highest BCUT2D eigenvalue weighted by atomic mass is 16.4. The molecule has 2 aromatic carbocycles. The average molecular weight is 362 g/mol. The molecule has 4 amide bonds. The lowest BCUT2D eigenvalue weighted by Crippen LogP contribution is -2.31. The number of imide groups is 2. The molecule has 132 valence electrons. The number of nitrogens with zero attached hydrogens (tertiary/aromatic N) is 2. The van der Waals surface area contributed by atoms with Gasteiger partial charge in [-0.25, -0.2) is 14.6 Å². The number of hydrogen-bond donors (Lipinski definition) is 1. The number of aromatic carboxylic acids is 1. The number of carboxylic acids is 1. The van der Waals surface area contributed by atoms with Gasteiger partial charge < -0.3 is 5.11 Å². The first-order chi connectivity index (χ1) is 12.9. The maximum absolute atomic E-state index is 12.1. The number of amides is 4. The topological polar surface area (TPSA) is 112 Å². The van der Waals surface area contributed by atoms with E-state index in [-0.39, 0.29) is 11.3 Å². The molecule has 27 heavy (non-hydrogen) atoms. The van der Waals surface area contributed by atoms with Gasteiger partial charge >= 0.3 is 5.97 Å². The number of fused-ring (bicyclic) bond motifs is 1. The lowest BCUT2D eigenvalue weighted by atomic mass is 10.0. The Morgan fingerprint density at radius 3 is 1.85 bits per heavy atom. The third kappa shape index (κ3) is 2.43. The molecular formula is C19H10N2O6. The second-order valence-electron chi connectivity index (χ2n) is 5.86. The zero-order valence-corrected chi connectivity index (χ0v) is 13.6. The van der Waals surface area contributed by atoms with Crippen molar-refractivity contribution in [3.63, 3.8) is 0 Å². The summed E-state index contributed by atoms with van der Waals surface area (Å²) in [5.74, 6) is -3.56. The lowest BCUT2D eigenvalue weighted by molar-refractivity contribution is -0.121. The minimum absolute atomic E-state index is 0.0521. The molecule has 8 nitrogen and oxygen atoms in total. The van der Waals surface area contributed by atoms with Crippen molar-refractivity contribution >= 4 is 51.7 Å². The number of carboxylic acid groups (broad SMARTS) is 1. The van der Waals surface area contributed by atoms with Crippen LogP contribution in [0.3, 0.4) is 0 Å². The van der Waals surface area contributed by atoms with Crippen LogP contribution in [-0.4, -0.2) is 34.7 Å². The fourth-order valence-corrected chi connectivity index (χ4v) is 3.13. The van der Waals surface area contributed by atoms with Crippen molar-refractivity contribution in [2.24, 2.45) is 0 Å². The van der Waals surface area contributed by atoms with E-state index in [4.69, 9.17) is 0 Å². The molecule has 2 aromatic rings. The summed E-state index contributed by atoms with van der Waals surface area (Å²) in [4.78, 5) is 61.3. The van der Waals surface area contributed by atoms with Crippen LogP contribution in [0.2, 0.25) is 0 Å². The fraction of sp³-hybridized carbons (Fsp3) is 0. The van der Waals surface area contributed by atoms with Gasteiger partial charge in [-0.05, 0) is 23.6 Å². The van der Waals surface area contributed by atoms with Crippen LogP contribution in [0.1, 0.15) is 10.4 Å². The van der Waals surface area contributed by atoms with Gasteiger partial charge in [0.1, 0.15) is 0 Å². The molecule has 2 heterocycles. The molecule has 8 heteroatoms. The van der Waals surface area contributed by atoms with Crippen LogP contribution in [0.15, 0.2) is 54.6 Å². The Morgan fingerprint density at radius 1 is 0.741 bits per heavy atom. The highest BCUT2D eigenvalue weighted by molar-refractivity contribution is 6.32. The summed E-state index contributed by atoms with van der Waals surface area (Å²) in [6.45, 7) is 0. The Labute approximate surface area is 151 Å². The van der Waals surface area contributed by atoms with Crippen molar-refractivity contribution in [1.29, 1.82) is 0 Å². The first kappa shape index (κ1) is 16.4.